The van der Waals surface area contributed by atoms with Crippen molar-refractivity contribution in [2.45, 2.75) is 33.6 Å². The Labute approximate surface area is 115 Å². The fourth-order valence-electron chi connectivity index (χ4n) is 1.83. The van der Waals surface area contributed by atoms with Crippen LogP contribution in [0.25, 0.3) is 5.70 Å². The SMILES string of the molecule is C=NC(=C)c1cccc(NC(=O)CC(C)CC)c1C. The van der Waals surface area contributed by atoms with E-state index < -0.39 is 0 Å². The van der Waals surface area contributed by atoms with Crippen molar-refractivity contribution in [2.75, 3.05) is 5.32 Å². The monoisotopic (exact) mass is 258 g/mol. The fourth-order valence-corrected chi connectivity index (χ4v) is 1.83. The molecule has 1 N–H and O–H groups in total. The van der Waals surface area contributed by atoms with Gasteiger partial charge in [-0.05, 0) is 31.2 Å². The van der Waals surface area contributed by atoms with E-state index >= 15 is 0 Å². The average molecular weight is 258 g/mol. The molecule has 0 aliphatic heterocycles. The molecular formula is C16H22N2O. The Hall–Kier alpha value is -1.90. The second-order valence-electron chi connectivity index (χ2n) is 4.85. The molecule has 1 amide bonds. The topological polar surface area (TPSA) is 41.5 Å². The number of rotatable bonds is 6. The van der Waals surface area contributed by atoms with Gasteiger partial charge in [-0.1, -0.05) is 39.0 Å². The van der Waals surface area contributed by atoms with Crippen molar-refractivity contribution in [2.24, 2.45) is 10.9 Å². The summed E-state index contributed by atoms with van der Waals surface area (Å²) in [5.41, 5.74) is 3.32. The third kappa shape index (κ3) is 4.05. The Balaban J connectivity index is 2.88. The van der Waals surface area contributed by atoms with Crippen LogP contribution in [-0.4, -0.2) is 12.6 Å². The highest BCUT2D eigenvalue weighted by atomic mass is 16.1. The molecule has 0 saturated heterocycles. The second-order valence-corrected chi connectivity index (χ2v) is 4.85. The summed E-state index contributed by atoms with van der Waals surface area (Å²) in [6, 6.07) is 5.71. The molecule has 1 unspecified atom stereocenters. The number of amides is 1. The van der Waals surface area contributed by atoms with Gasteiger partial charge in [0.1, 0.15) is 0 Å². The van der Waals surface area contributed by atoms with Crippen molar-refractivity contribution in [3.05, 3.63) is 35.9 Å². The normalized spacial score (nSPS) is 11.7. The first-order valence-electron chi connectivity index (χ1n) is 6.55. The summed E-state index contributed by atoms with van der Waals surface area (Å²) in [5.74, 6) is 0.445. The lowest BCUT2D eigenvalue weighted by Crippen LogP contribution is -2.15. The Morgan fingerprint density at radius 2 is 2.16 bits per heavy atom. The van der Waals surface area contributed by atoms with E-state index in [1.165, 1.54) is 0 Å². The van der Waals surface area contributed by atoms with Crippen LogP contribution in [0.3, 0.4) is 0 Å². The van der Waals surface area contributed by atoms with E-state index in [-0.39, 0.29) is 5.91 Å². The Kier molecular flexibility index (Phi) is 5.49. The van der Waals surface area contributed by atoms with Crippen LogP contribution in [0.1, 0.15) is 37.8 Å². The summed E-state index contributed by atoms with van der Waals surface area (Å²) >= 11 is 0. The molecule has 3 heteroatoms. The minimum atomic E-state index is 0.0479. The van der Waals surface area contributed by atoms with E-state index in [0.717, 1.165) is 23.2 Å². The summed E-state index contributed by atoms with van der Waals surface area (Å²) in [7, 11) is 0. The van der Waals surface area contributed by atoms with Crippen LogP contribution >= 0.6 is 0 Å². The average Bonchev–Trinajstić information content (AvgIpc) is 2.40. The van der Waals surface area contributed by atoms with E-state index in [9.17, 15) is 4.79 Å². The third-order valence-electron chi connectivity index (χ3n) is 3.34. The van der Waals surface area contributed by atoms with Gasteiger partial charge >= 0.3 is 0 Å². The molecule has 0 heterocycles. The zero-order chi connectivity index (χ0) is 14.4. The molecule has 3 nitrogen and oxygen atoms in total. The van der Waals surface area contributed by atoms with Gasteiger partial charge in [0.2, 0.25) is 5.91 Å². The number of nitrogens with one attached hydrogen (secondary N) is 1. The molecule has 0 spiro atoms. The Bertz CT molecular complexity index is 492. The van der Waals surface area contributed by atoms with Crippen LogP contribution in [0.2, 0.25) is 0 Å². The molecule has 0 aromatic heterocycles. The molecule has 102 valence electrons. The summed E-state index contributed by atoms with van der Waals surface area (Å²) in [5, 5.41) is 2.95. The van der Waals surface area contributed by atoms with Crippen LogP contribution in [0.5, 0.6) is 0 Å². The maximum absolute atomic E-state index is 11.9. The van der Waals surface area contributed by atoms with Crippen molar-refractivity contribution >= 4 is 24.0 Å². The molecule has 1 aromatic rings. The summed E-state index contributed by atoms with van der Waals surface area (Å²) in [6.07, 6.45) is 1.55. The number of hydrogen-bond donors (Lipinski definition) is 1. The van der Waals surface area contributed by atoms with Crippen molar-refractivity contribution in [1.29, 1.82) is 0 Å². The van der Waals surface area contributed by atoms with Crippen molar-refractivity contribution in [1.82, 2.24) is 0 Å². The molecule has 0 saturated carbocycles. The maximum atomic E-state index is 11.9. The van der Waals surface area contributed by atoms with Gasteiger partial charge < -0.3 is 5.32 Å². The minimum absolute atomic E-state index is 0.0479. The van der Waals surface area contributed by atoms with Crippen LogP contribution in [0.4, 0.5) is 5.69 Å². The molecule has 1 aromatic carbocycles. The molecule has 0 aliphatic rings. The van der Waals surface area contributed by atoms with Crippen LogP contribution < -0.4 is 5.32 Å². The molecule has 1 rings (SSSR count). The van der Waals surface area contributed by atoms with E-state index in [0.29, 0.717) is 18.0 Å². The predicted molar refractivity (Wildman–Crippen MR) is 82.5 cm³/mol. The number of aliphatic imine (C=N–C) groups is 1. The summed E-state index contributed by atoms with van der Waals surface area (Å²) in [4.78, 5) is 15.8. The summed E-state index contributed by atoms with van der Waals surface area (Å²) < 4.78 is 0. The van der Waals surface area contributed by atoms with E-state index in [4.69, 9.17) is 0 Å². The van der Waals surface area contributed by atoms with Gasteiger partial charge in [-0.25, -0.2) is 0 Å². The minimum Gasteiger partial charge on any atom is -0.326 e. The van der Waals surface area contributed by atoms with Crippen LogP contribution in [-0.2, 0) is 4.79 Å². The number of anilines is 1. The number of benzene rings is 1. The quantitative estimate of drug-likeness (QED) is 0.769. The third-order valence-corrected chi connectivity index (χ3v) is 3.34. The molecule has 0 radical (unpaired) electrons. The Morgan fingerprint density at radius 1 is 1.47 bits per heavy atom. The van der Waals surface area contributed by atoms with Gasteiger partial charge in [-0.15, -0.1) is 0 Å². The number of nitrogens with zero attached hydrogens (tertiary/aromatic N) is 1. The van der Waals surface area contributed by atoms with Crippen LogP contribution in [0, 0.1) is 12.8 Å². The van der Waals surface area contributed by atoms with E-state index in [1.54, 1.807) is 0 Å². The van der Waals surface area contributed by atoms with Gasteiger partial charge in [0.25, 0.3) is 0 Å². The molecular weight excluding hydrogens is 236 g/mol. The standard InChI is InChI=1S/C16H22N2O/c1-6-11(2)10-16(19)18-15-9-7-8-14(12(15)3)13(4)17-5/h7-9,11H,4-6,10H2,1-3H3,(H,18,19). The molecule has 0 aliphatic carbocycles. The van der Waals surface area contributed by atoms with E-state index in [2.05, 4.69) is 37.5 Å². The first kappa shape index (κ1) is 15.2. The van der Waals surface area contributed by atoms with Gasteiger partial charge in [0.15, 0.2) is 0 Å². The number of hydrogen-bond acceptors (Lipinski definition) is 2. The maximum Gasteiger partial charge on any atom is 0.224 e. The first-order valence-corrected chi connectivity index (χ1v) is 6.55. The van der Waals surface area contributed by atoms with Gasteiger partial charge in [-0.2, -0.15) is 0 Å². The van der Waals surface area contributed by atoms with Crippen molar-refractivity contribution in [3.63, 3.8) is 0 Å². The molecule has 0 fully saturated rings. The van der Waals surface area contributed by atoms with Crippen LogP contribution in [0.15, 0.2) is 29.8 Å². The zero-order valence-corrected chi connectivity index (χ0v) is 12.0. The fraction of sp³-hybridized carbons (Fsp3) is 0.375. The zero-order valence-electron chi connectivity index (χ0n) is 12.0. The smallest absolute Gasteiger partial charge is 0.224 e. The Morgan fingerprint density at radius 3 is 2.74 bits per heavy atom. The number of carbonyl (C=O) groups excluding carboxylic acids is 1. The largest absolute Gasteiger partial charge is 0.326 e. The van der Waals surface area contributed by atoms with Crippen molar-refractivity contribution < 1.29 is 4.79 Å². The number of carbonyl (C=O) groups is 1. The lowest BCUT2D eigenvalue weighted by molar-refractivity contribution is -0.117. The van der Waals surface area contributed by atoms with Crippen molar-refractivity contribution in [3.8, 4) is 0 Å². The molecule has 19 heavy (non-hydrogen) atoms. The molecule has 0 bridgehead atoms. The van der Waals surface area contributed by atoms with Gasteiger partial charge in [0.05, 0.1) is 5.70 Å². The first-order chi connectivity index (χ1) is 8.99. The lowest BCUT2D eigenvalue weighted by atomic mass is 10.0. The molecule has 1 atom stereocenters. The van der Waals surface area contributed by atoms with E-state index in [1.807, 2.05) is 25.1 Å². The highest BCUT2D eigenvalue weighted by molar-refractivity contribution is 5.92. The highest BCUT2D eigenvalue weighted by Crippen LogP contribution is 2.25. The second kappa shape index (κ2) is 6.88. The predicted octanol–water partition coefficient (Wildman–Crippen LogP) is 4.04. The lowest BCUT2D eigenvalue weighted by Gasteiger charge is -2.13. The van der Waals surface area contributed by atoms with Gasteiger partial charge in [0, 0.05) is 17.7 Å². The highest BCUT2D eigenvalue weighted by Gasteiger charge is 2.11. The van der Waals surface area contributed by atoms with Gasteiger partial charge in [-0.3, -0.25) is 9.79 Å². The summed E-state index contributed by atoms with van der Waals surface area (Å²) in [6.45, 7) is 13.4.